The van der Waals surface area contributed by atoms with Gasteiger partial charge in [0.2, 0.25) is 0 Å². The molecule has 0 fully saturated rings. The van der Waals surface area contributed by atoms with Gasteiger partial charge in [-0.15, -0.1) is 0 Å². The second-order valence-corrected chi connectivity index (χ2v) is 7.04. The molecule has 3 heterocycles. The minimum absolute atomic E-state index is 0.00157. The zero-order valence-corrected chi connectivity index (χ0v) is 14.3. The first-order valence-corrected chi connectivity index (χ1v) is 7.95. The van der Waals surface area contributed by atoms with Gasteiger partial charge in [0.15, 0.2) is 5.75 Å². The molecule has 0 aliphatic carbocycles. The fourth-order valence-corrected chi connectivity index (χ4v) is 3.56. The van der Waals surface area contributed by atoms with Crippen molar-refractivity contribution in [1.29, 1.82) is 0 Å². The van der Waals surface area contributed by atoms with Crippen LogP contribution in [0.25, 0.3) is 16.7 Å². The lowest BCUT2D eigenvalue weighted by Gasteiger charge is -2.20. The van der Waals surface area contributed by atoms with Crippen LogP contribution in [0.4, 0.5) is 4.39 Å². The predicted molar refractivity (Wildman–Crippen MR) is 89.5 cm³/mol. The van der Waals surface area contributed by atoms with Crippen molar-refractivity contribution in [3.05, 3.63) is 66.6 Å². The zero-order chi connectivity index (χ0) is 17.4. The summed E-state index contributed by atoms with van der Waals surface area (Å²) in [7, 11) is 0. The Bertz CT molecular complexity index is 1160. The highest BCUT2D eigenvalue weighted by molar-refractivity contribution is 9.10. The van der Waals surface area contributed by atoms with Gasteiger partial charge in [0.1, 0.15) is 21.3 Å². The maximum Gasteiger partial charge on any atom is 0.354 e. The lowest BCUT2D eigenvalue weighted by Crippen LogP contribution is -2.24. The van der Waals surface area contributed by atoms with Crippen molar-refractivity contribution in [2.45, 2.75) is 19.3 Å². The third kappa shape index (κ3) is 1.73. The molecule has 0 radical (unpaired) electrons. The van der Waals surface area contributed by atoms with Crippen molar-refractivity contribution in [2.24, 2.45) is 0 Å². The van der Waals surface area contributed by atoms with Crippen molar-refractivity contribution in [3.63, 3.8) is 0 Å². The molecule has 0 bridgehead atoms. The Kier molecular flexibility index (Phi) is 2.88. The van der Waals surface area contributed by atoms with E-state index in [-0.39, 0.29) is 15.4 Å². The molecule has 1 aliphatic heterocycles. The van der Waals surface area contributed by atoms with Crippen molar-refractivity contribution in [1.82, 2.24) is 4.57 Å². The molecule has 0 saturated carbocycles. The van der Waals surface area contributed by atoms with Crippen molar-refractivity contribution >= 4 is 26.9 Å². The molecule has 24 heavy (non-hydrogen) atoms. The molecule has 2 aromatic heterocycles. The van der Waals surface area contributed by atoms with E-state index in [1.54, 1.807) is 6.07 Å². The molecule has 0 atom stereocenters. The summed E-state index contributed by atoms with van der Waals surface area (Å²) >= 11 is 2.92. The maximum atomic E-state index is 13.7. The second kappa shape index (κ2) is 4.57. The van der Waals surface area contributed by atoms with Crippen LogP contribution in [0, 0.1) is 5.82 Å². The topological polar surface area (TPSA) is 72.4 Å². The monoisotopic (exact) mass is 391 g/mol. The van der Waals surface area contributed by atoms with Gasteiger partial charge in [-0.25, -0.2) is 9.18 Å². The largest absolute Gasteiger partial charge is 0.506 e. The summed E-state index contributed by atoms with van der Waals surface area (Å²) < 4.78 is 20.0. The van der Waals surface area contributed by atoms with Crippen molar-refractivity contribution < 1.29 is 13.9 Å². The van der Waals surface area contributed by atoms with Crippen LogP contribution in [0.5, 0.6) is 5.75 Å². The third-order valence-electron chi connectivity index (χ3n) is 4.51. The van der Waals surface area contributed by atoms with Crippen LogP contribution in [-0.4, -0.2) is 9.67 Å². The summed E-state index contributed by atoms with van der Waals surface area (Å²) in [6.07, 6.45) is 0. The standard InChI is InChI=1S/C17H11BrFNO4/c1-17(2)8-5-7(19)3-4-9(8)20-11(17)6-10-12(15(20)22)14(21)13(18)16(23)24-10/h3-6,21H,1-2H3. The maximum absolute atomic E-state index is 13.7. The minimum atomic E-state index is -0.774. The fraction of sp³-hybridized carbons (Fsp3) is 0.176. The molecule has 0 spiro atoms. The Labute approximate surface area is 143 Å². The van der Waals surface area contributed by atoms with Crippen molar-refractivity contribution in [2.75, 3.05) is 0 Å². The first kappa shape index (κ1) is 15.1. The molecule has 1 aliphatic rings. The van der Waals surface area contributed by atoms with Crippen LogP contribution >= 0.6 is 15.9 Å². The molecular formula is C17H11BrFNO4. The Morgan fingerprint density at radius 3 is 2.67 bits per heavy atom. The molecule has 1 N–H and O–H groups in total. The zero-order valence-electron chi connectivity index (χ0n) is 12.7. The number of rotatable bonds is 0. The van der Waals surface area contributed by atoms with E-state index in [0.29, 0.717) is 16.9 Å². The second-order valence-electron chi connectivity index (χ2n) is 6.25. The van der Waals surface area contributed by atoms with Gasteiger partial charge in [-0.1, -0.05) is 13.8 Å². The molecule has 4 rings (SSSR count). The predicted octanol–water partition coefficient (Wildman–Crippen LogP) is 3.19. The van der Waals surface area contributed by atoms with Gasteiger partial charge < -0.3 is 9.52 Å². The number of nitrogens with zero attached hydrogens (tertiary/aromatic N) is 1. The van der Waals surface area contributed by atoms with Crippen LogP contribution in [0.15, 0.2) is 42.7 Å². The van der Waals surface area contributed by atoms with Gasteiger partial charge >= 0.3 is 5.63 Å². The molecule has 0 unspecified atom stereocenters. The number of aromatic nitrogens is 1. The first-order valence-electron chi connectivity index (χ1n) is 7.15. The first-order chi connectivity index (χ1) is 11.2. The Balaban J connectivity index is 2.25. The molecule has 0 amide bonds. The van der Waals surface area contributed by atoms with Gasteiger partial charge in [0.05, 0.1) is 5.69 Å². The highest BCUT2D eigenvalue weighted by atomic mass is 79.9. The van der Waals surface area contributed by atoms with Crippen LogP contribution in [-0.2, 0) is 5.41 Å². The smallest absolute Gasteiger partial charge is 0.354 e. The van der Waals surface area contributed by atoms with E-state index >= 15 is 0 Å². The molecular weight excluding hydrogens is 381 g/mol. The van der Waals surface area contributed by atoms with Crippen LogP contribution in [0.1, 0.15) is 25.1 Å². The van der Waals surface area contributed by atoms with E-state index in [9.17, 15) is 19.1 Å². The number of fused-ring (bicyclic) bond motifs is 4. The van der Waals surface area contributed by atoms with Gasteiger partial charge in [-0.2, -0.15) is 0 Å². The number of hydrogen-bond acceptors (Lipinski definition) is 4. The Hall–Kier alpha value is -2.41. The van der Waals surface area contributed by atoms with E-state index in [1.165, 1.54) is 22.8 Å². The molecule has 3 aromatic rings. The number of aromatic hydroxyl groups is 1. The SMILES string of the molecule is CC1(C)c2cc(F)ccc2-n2c1cc1oc(=O)c(Br)c(O)c1c2=O. The van der Waals surface area contributed by atoms with Gasteiger partial charge in [0.25, 0.3) is 5.56 Å². The summed E-state index contributed by atoms with van der Waals surface area (Å²) in [6, 6.07) is 5.74. The lowest BCUT2D eigenvalue weighted by molar-refractivity contribution is 0.461. The van der Waals surface area contributed by atoms with Gasteiger partial charge in [0, 0.05) is 17.2 Å². The van der Waals surface area contributed by atoms with E-state index in [2.05, 4.69) is 15.9 Å². The van der Waals surface area contributed by atoms with Gasteiger partial charge in [-0.3, -0.25) is 9.36 Å². The molecule has 122 valence electrons. The Morgan fingerprint density at radius 2 is 1.96 bits per heavy atom. The molecule has 0 saturated heterocycles. The Morgan fingerprint density at radius 1 is 1.25 bits per heavy atom. The number of halogens is 2. The highest BCUT2D eigenvalue weighted by Crippen LogP contribution is 2.43. The lowest BCUT2D eigenvalue weighted by atomic mass is 9.83. The number of benzene rings is 1. The highest BCUT2D eigenvalue weighted by Gasteiger charge is 2.38. The summed E-state index contributed by atoms with van der Waals surface area (Å²) in [5, 5.41) is 10.1. The third-order valence-corrected chi connectivity index (χ3v) is 5.21. The normalized spacial score (nSPS) is 14.7. The molecule has 5 nitrogen and oxygen atoms in total. The van der Waals surface area contributed by atoms with Crippen LogP contribution < -0.4 is 11.2 Å². The van der Waals surface area contributed by atoms with Crippen LogP contribution in [0.3, 0.4) is 0 Å². The molecule has 7 heteroatoms. The molecule has 1 aromatic carbocycles. The van der Waals surface area contributed by atoms with Crippen LogP contribution in [0.2, 0.25) is 0 Å². The fourth-order valence-electron chi connectivity index (χ4n) is 3.28. The average molecular weight is 392 g/mol. The van der Waals surface area contributed by atoms with E-state index < -0.39 is 28.2 Å². The number of hydrogen-bond donors (Lipinski definition) is 1. The summed E-state index contributed by atoms with van der Waals surface area (Å²) in [4.78, 5) is 24.7. The summed E-state index contributed by atoms with van der Waals surface area (Å²) in [5.41, 5.74) is -0.206. The average Bonchev–Trinajstić information content (AvgIpc) is 2.73. The van der Waals surface area contributed by atoms with Gasteiger partial charge in [-0.05, 0) is 39.7 Å². The van der Waals surface area contributed by atoms with Crippen molar-refractivity contribution in [3.8, 4) is 11.4 Å². The van der Waals surface area contributed by atoms with E-state index in [4.69, 9.17) is 4.42 Å². The van der Waals surface area contributed by atoms with E-state index in [0.717, 1.165) is 0 Å². The quantitative estimate of drug-likeness (QED) is 0.638. The van der Waals surface area contributed by atoms with E-state index in [1.807, 2.05) is 13.8 Å². The summed E-state index contributed by atoms with van der Waals surface area (Å²) in [6.45, 7) is 3.71. The number of pyridine rings is 1. The summed E-state index contributed by atoms with van der Waals surface area (Å²) in [5.74, 6) is -0.862. The minimum Gasteiger partial charge on any atom is -0.506 e.